The van der Waals surface area contributed by atoms with Crippen molar-refractivity contribution < 1.29 is 5.11 Å². The number of aromatic hydroxyl groups is 1. The van der Waals surface area contributed by atoms with Gasteiger partial charge in [0, 0.05) is 15.4 Å². The third kappa shape index (κ3) is 2.21. The van der Waals surface area contributed by atoms with Crippen LogP contribution in [0, 0.1) is 0 Å². The first-order valence-corrected chi connectivity index (χ1v) is 7.77. The summed E-state index contributed by atoms with van der Waals surface area (Å²) in [6.07, 6.45) is 0. The lowest BCUT2D eigenvalue weighted by Crippen LogP contribution is -1.77. The van der Waals surface area contributed by atoms with Crippen molar-refractivity contribution in [2.24, 2.45) is 0 Å². The normalized spacial score (nSPS) is 10.7. The second-order valence-corrected chi connectivity index (χ2v) is 6.31. The first-order chi connectivity index (χ1) is 8.74. The van der Waals surface area contributed by atoms with E-state index >= 15 is 0 Å². The Kier molecular flexibility index (Phi) is 3.20. The SMILES string of the molecule is Oc1cccc(-c2nc(-c3sccc3Br)cs2)c1. The van der Waals surface area contributed by atoms with Crippen molar-refractivity contribution in [1.82, 2.24) is 4.98 Å². The lowest BCUT2D eigenvalue weighted by Gasteiger charge is -1.96. The molecule has 0 radical (unpaired) electrons. The van der Waals surface area contributed by atoms with Gasteiger partial charge in [0.05, 0.1) is 10.6 Å². The lowest BCUT2D eigenvalue weighted by molar-refractivity contribution is 0.475. The van der Waals surface area contributed by atoms with Crippen molar-refractivity contribution in [3.8, 4) is 26.9 Å². The molecule has 0 unspecified atom stereocenters. The Morgan fingerprint density at radius 2 is 2.06 bits per heavy atom. The molecule has 0 aliphatic rings. The monoisotopic (exact) mass is 337 g/mol. The first-order valence-electron chi connectivity index (χ1n) is 5.22. The van der Waals surface area contributed by atoms with Crippen molar-refractivity contribution >= 4 is 38.6 Å². The van der Waals surface area contributed by atoms with Crippen LogP contribution in [0.25, 0.3) is 21.1 Å². The molecular weight excluding hydrogens is 330 g/mol. The molecule has 0 spiro atoms. The van der Waals surface area contributed by atoms with Crippen LogP contribution in [-0.2, 0) is 0 Å². The molecule has 0 saturated heterocycles. The summed E-state index contributed by atoms with van der Waals surface area (Å²) < 4.78 is 1.07. The van der Waals surface area contributed by atoms with E-state index < -0.39 is 0 Å². The van der Waals surface area contributed by atoms with Crippen LogP contribution in [-0.4, -0.2) is 10.1 Å². The standard InChI is InChI=1S/C13H8BrNOS2/c14-10-4-5-17-12(10)11-7-18-13(15-11)8-2-1-3-9(16)6-8/h1-7,16H. The van der Waals surface area contributed by atoms with E-state index in [-0.39, 0.29) is 5.75 Å². The van der Waals surface area contributed by atoms with Gasteiger partial charge in [0.15, 0.2) is 0 Å². The zero-order valence-electron chi connectivity index (χ0n) is 9.13. The number of benzene rings is 1. The van der Waals surface area contributed by atoms with E-state index in [9.17, 15) is 5.11 Å². The Morgan fingerprint density at radius 1 is 1.17 bits per heavy atom. The van der Waals surface area contributed by atoms with Crippen LogP contribution in [0.2, 0.25) is 0 Å². The number of hydrogen-bond donors (Lipinski definition) is 1. The van der Waals surface area contributed by atoms with Crippen LogP contribution >= 0.6 is 38.6 Å². The number of halogens is 1. The summed E-state index contributed by atoms with van der Waals surface area (Å²) in [4.78, 5) is 5.75. The number of rotatable bonds is 2. The summed E-state index contributed by atoms with van der Waals surface area (Å²) in [5, 5.41) is 14.5. The highest BCUT2D eigenvalue weighted by atomic mass is 79.9. The zero-order chi connectivity index (χ0) is 12.5. The molecule has 0 atom stereocenters. The molecule has 18 heavy (non-hydrogen) atoms. The molecule has 2 aromatic heterocycles. The highest BCUT2D eigenvalue weighted by Gasteiger charge is 2.10. The molecule has 3 rings (SSSR count). The van der Waals surface area contributed by atoms with Crippen LogP contribution < -0.4 is 0 Å². The molecule has 0 bridgehead atoms. The van der Waals surface area contributed by atoms with Crippen LogP contribution in [0.5, 0.6) is 5.75 Å². The van der Waals surface area contributed by atoms with Gasteiger partial charge in [-0.25, -0.2) is 4.98 Å². The van der Waals surface area contributed by atoms with Crippen molar-refractivity contribution in [1.29, 1.82) is 0 Å². The Bertz CT molecular complexity index is 690. The predicted molar refractivity (Wildman–Crippen MR) is 80.2 cm³/mol. The summed E-state index contributed by atoms with van der Waals surface area (Å²) in [5.41, 5.74) is 1.92. The van der Waals surface area contributed by atoms with Gasteiger partial charge in [-0.05, 0) is 39.5 Å². The zero-order valence-corrected chi connectivity index (χ0v) is 12.3. The molecule has 5 heteroatoms. The molecule has 2 nitrogen and oxygen atoms in total. The number of aromatic nitrogens is 1. The summed E-state index contributed by atoms with van der Waals surface area (Å²) in [6, 6.07) is 9.19. The van der Waals surface area contributed by atoms with Gasteiger partial charge in [-0.1, -0.05) is 12.1 Å². The topological polar surface area (TPSA) is 33.1 Å². The summed E-state index contributed by atoms with van der Waals surface area (Å²) in [7, 11) is 0. The molecule has 0 saturated carbocycles. The van der Waals surface area contributed by atoms with E-state index in [1.165, 1.54) is 0 Å². The molecule has 0 fully saturated rings. The maximum absolute atomic E-state index is 9.48. The Hall–Kier alpha value is -1.17. The molecular formula is C13H8BrNOS2. The lowest BCUT2D eigenvalue weighted by atomic mass is 10.2. The van der Waals surface area contributed by atoms with Crippen molar-refractivity contribution in [3.63, 3.8) is 0 Å². The van der Waals surface area contributed by atoms with Gasteiger partial charge in [-0.2, -0.15) is 0 Å². The molecule has 0 amide bonds. The number of hydrogen-bond acceptors (Lipinski definition) is 4. The second-order valence-electron chi connectivity index (χ2n) is 3.69. The fourth-order valence-corrected chi connectivity index (χ4v) is 4.05. The molecule has 0 aliphatic carbocycles. The summed E-state index contributed by atoms with van der Waals surface area (Å²) in [6.45, 7) is 0. The fourth-order valence-electron chi connectivity index (χ4n) is 1.63. The predicted octanol–water partition coefficient (Wildman–Crippen LogP) is 5.01. The molecule has 0 aliphatic heterocycles. The van der Waals surface area contributed by atoms with Gasteiger partial charge >= 0.3 is 0 Å². The van der Waals surface area contributed by atoms with Crippen molar-refractivity contribution in [2.75, 3.05) is 0 Å². The van der Waals surface area contributed by atoms with E-state index in [1.807, 2.05) is 29.0 Å². The number of thiophene rings is 1. The third-order valence-corrected chi connectivity index (χ3v) is 5.20. The minimum Gasteiger partial charge on any atom is -0.508 e. The molecule has 2 heterocycles. The minimum absolute atomic E-state index is 0.265. The number of nitrogens with zero attached hydrogens (tertiary/aromatic N) is 1. The van der Waals surface area contributed by atoms with Crippen LogP contribution in [0.1, 0.15) is 0 Å². The van der Waals surface area contributed by atoms with E-state index in [0.717, 1.165) is 25.6 Å². The van der Waals surface area contributed by atoms with E-state index in [0.29, 0.717) is 0 Å². The van der Waals surface area contributed by atoms with Gasteiger partial charge < -0.3 is 5.11 Å². The average Bonchev–Trinajstić information content (AvgIpc) is 2.97. The van der Waals surface area contributed by atoms with Crippen molar-refractivity contribution in [2.45, 2.75) is 0 Å². The smallest absolute Gasteiger partial charge is 0.124 e. The Morgan fingerprint density at radius 3 is 2.78 bits per heavy atom. The summed E-state index contributed by atoms with van der Waals surface area (Å²) >= 11 is 6.76. The van der Waals surface area contributed by atoms with Crippen LogP contribution in [0.15, 0.2) is 45.6 Å². The van der Waals surface area contributed by atoms with E-state index in [1.54, 1.807) is 34.8 Å². The molecule has 1 aromatic carbocycles. The Labute approximate surface area is 121 Å². The highest BCUT2D eigenvalue weighted by molar-refractivity contribution is 9.10. The average molecular weight is 338 g/mol. The maximum Gasteiger partial charge on any atom is 0.124 e. The largest absolute Gasteiger partial charge is 0.508 e. The van der Waals surface area contributed by atoms with E-state index in [2.05, 4.69) is 20.9 Å². The third-order valence-electron chi connectivity index (χ3n) is 2.45. The number of thiazole rings is 1. The number of phenols is 1. The van der Waals surface area contributed by atoms with Gasteiger partial charge in [0.1, 0.15) is 10.8 Å². The van der Waals surface area contributed by atoms with Crippen LogP contribution in [0.3, 0.4) is 0 Å². The maximum atomic E-state index is 9.48. The van der Waals surface area contributed by atoms with Gasteiger partial charge in [-0.3, -0.25) is 0 Å². The molecule has 1 N–H and O–H groups in total. The van der Waals surface area contributed by atoms with E-state index in [4.69, 9.17) is 0 Å². The van der Waals surface area contributed by atoms with Gasteiger partial charge in [0.25, 0.3) is 0 Å². The van der Waals surface area contributed by atoms with Crippen LogP contribution in [0.4, 0.5) is 0 Å². The number of phenolic OH excluding ortho intramolecular Hbond substituents is 1. The van der Waals surface area contributed by atoms with Crippen molar-refractivity contribution in [3.05, 3.63) is 45.6 Å². The summed E-state index contributed by atoms with van der Waals surface area (Å²) in [5.74, 6) is 0.265. The fraction of sp³-hybridized carbons (Fsp3) is 0. The van der Waals surface area contributed by atoms with Gasteiger partial charge in [0.2, 0.25) is 0 Å². The first kappa shape index (κ1) is 11.9. The molecule has 90 valence electrons. The quantitative estimate of drug-likeness (QED) is 0.713. The molecule has 3 aromatic rings. The second kappa shape index (κ2) is 4.84. The Balaban J connectivity index is 2.02. The minimum atomic E-state index is 0.265. The highest BCUT2D eigenvalue weighted by Crippen LogP contribution is 2.36. The van der Waals surface area contributed by atoms with Gasteiger partial charge in [-0.15, -0.1) is 22.7 Å².